The number of benzene rings is 7. The Bertz CT molecular complexity index is 3170. The monoisotopic (exact) mass is 751 g/mol. The van der Waals surface area contributed by atoms with Gasteiger partial charge in [0.1, 0.15) is 5.82 Å². The van der Waals surface area contributed by atoms with E-state index >= 15 is 4.57 Å². The molecule has 0 aliphatic carbocycles. The molecule has 7 heteroatoms. The lowest BCUT2D eigenvalue weighted by atomic mass is 10.0. The first-order chi connectivity index (χ1) is 28.2. The van der Waals surface area contributed by atoms with E-state index in [1.54, 1.807) is 6.20 Å². The highest BCUT2D eigenvalue weighted by Gasteiger charge is 2.49. The van der Waals surface area contributed by atoms with Gasteiger partial charge in [-0.15, -0.1) is 0 Å². The Hall–Kier alpha value is -7.27. The van der Waals surface area contributed by atoms with E-state index in [1.165, 1.54) is 0 Å². The third-order valence-electron chi connectivity index (χ3n) is 11.0. The van der Waals surface area contributed by atoms with Gasteiger partial charge < -0.3 is 0 Å². The van der Waals surface area contributed by atoms with Crippen molar-refractivity contribution < 1.29 is 4.57 Å². The van der Waals surface area contributed by atoms with Crippen LogP contribution in [0.2, 0.25) is 0 Å². The minimum Gasteiger partial charge on any atom is -0.294 e. The van der Waals surface area contributed by atoms with Gasteiger partial charge in [-0.1, -0.05) is 115 Å². The second-order valence-electron chi connectivity index (χ2n) is 14.2. The maximum absolute atomic E-state index is 16.1. The third-order valence-corrected chi connectivity index (χ3v) is 13.9. The van der Waals surface area contributed by atoms with Crippen LogP contribution in [0, 0.1) is 0 Å². The van der Waals surface area contributed by atoms with Crippen molar-refractivity contribution in [3.63, 3.8) is 0 Å². The van der Waals surface area contributed by atoms with E-state index in [1.807, 2.05) is 108 Å². The molecule has 0 bridgehead atoms. The van der Waals surface area contributed by atoms with Crippen molar-refractivity contribution >= 4 is 68.3 Å². The van der Waals surface area contributed by atoms with Gasteiger partial charge in [0.2, 0.25) is 0 Å². The van der Waals surface area contributed by atoms with Gasteiger partial charge in [-0.2, -0.15) is 0 Å². The summed E-state index contributed by atoms with van der Waals surface area (Å²) in [5.41, 5.74) is 10.6. The Morgan fingerprint density at radius 1 is 0.439 bits per heavy atom. The lowest BCUT2D eigenvalue weighted by Gasteiger charge is -2.33. The van der Waals surface area contributed by atoms with E-state index in [0.29, 0.717) is 5.65 Å². The van der Waals surface area contributed by atoms with Crippen molar-refractivity contribution in [2.45, 2.75) is 0 Å². The molecule has 0 spiro atoms. The Morgan fingerprint density at radius 2 is 1.02 bits per heavy atom. The lowest BCUT2D eigenvalue weighted by Crippen LogP contribution is -2.26. The van der Waals surface area contributed by atoms with Gasteiger partial charge in [0.25, 0.3) is 0 Å². The number of nitrogens with zero attached hydrogens (tertiary/aromatic N) is 5. The Kier molecular flexibility index (Phi) is 7.66. The van der Waals surface area contributed by atoms with E-state index in [4.69, 9.17) is 9.97 Å². The fraction of sp³-hybridized carbons (Fsp3) is 0. The number of anilines is 4. The molecule has 6 nitrogen and oxygen atoms in total. The number of rotatable bonds is 6. The van der Waals surface area contributed by atoms with Gasteiger partial charge >= 0.3 is 7.44 Å². The van der Waals surface area contributed by atoms with E-state index in [-0.39, 0.29) is 0 Å². The van der Waals surface area contributed by atoms with Gasteiger partial charge in [0.05, 0.1) is 27.7 Å². The van der Waals surface area contributed by atoms with E-state index in [2.05, 4.69) is 106 Å². The molecule has 10 aromatic rings. The molecular formula is C50H34N5OP. The molecule has 57 heavy (non-hydrogen) atoms. The fourth-order valence-electron chi connectivity index (χ4n) is 8.43. The average molecular weight is 752 g/mol. The molecule has 1 atom stereocenters. The molecule has 3 aromatic heterocycles. The smallest absolute Gasteiger partial charge is 0.294 e. The number of aromatic nitrogens is 3. The molecule has 1 aliphatic heterocycles. The highest BCUT2D eigenvalue weighted by atomic mass is 31.2. The van der Waals surface area contributed by atoms with Crippen LogP contribution in [-0.2, 0) is 4.57 Å². The number of pyridine rings is 2. The van der Waals surface area contributed by atoms with Crippen molar-refractivity contribution in [2.24, 2.45) is 0 Å². The van der Waals surface area contributed by atoms with Gasteiger partial charge in [0, 0.05) is 33.7 Å². The van der Waals surface area contributed by atoms with Crippen LogP contribution in [-0.4, -0.2) is 14.5 Å². The molecule has 0 radical (unpaired) electrons. The predicted molar refractivity (Wildman–Crippen MR) is 236 cm³/mol. The SMILES string of the molecule is O=P1(c2ccccc2)N(c2ccccc2)c2ccc(-c3ccc4c(c3)c3ccccc3n4-c3cc(-c4ccccc4)c4cccnc4n3)cc2N1c1ccccc1. The summed E-state index contributed by atoms with van der Waals surface area (Å²) < 4.78 is 22.4. The van der Waals surface area contributed by atoms with E-state index in [0.717, 1.165) is 83.3 Å². The van der Waals surface area contributed by atoms with Crippen molar-refractivity contribution in [1.29, 1.82) is 0 Å². The second kappa shape index (κ2) is 13.2. The molecule has 0 saturated heterocycles. The molecule has 0 saturated carbocycles. The van der Waals surface area contributed by atoms with Gasteiger partial charge in [-0.25, -0.2) is 9.97 Å². The zero-order valence-corrected chi connectivity index (χ0v) is 31.6. The minimum absolute atomic E-state index is 0.704. The second-order valence-corrected chi connectivity index (χ2v) is 16.6. The predicted octanol–water partition coefficient (Wildman–Crippen LogP) is 12.9. The molecule has 4 heterocycles. The summed E-state index contributed by atoms with van der Waals surface area (Å²) in [5, 5.41) is 4.03. The van der Waals surface area contributed by atoms with Crippen LogP contribution in [0.4, 0.5) is 22.7 Å². The van der Waals surface area contributed by atoms with Crippen LogP contribution in [0.25, 0.3) is 60.9 Å². The highest BCUT2D eigenvalue weighted by molar-refractivity contribution is 7.76. The Balaban J connectivity index is 1.11. The van der Waals surface area contributed by atoms with E-state index < -0.39 is 7.44 Å². The molecule has 11 rings (SSSR count). The summed E-state index contributed by atoms with van der Waals surface area (Å²) in [6.45, 7) is 0. The molecule has 1 unspecified atom stereocenters. The average Bonchev–Trinajstić information content (AvgIpc) is 3.76. The van der Waals surface area contributed by atoms with Crippen LogP contribution in [0.3, 0.4) is 0 Å². The molecular weight excluding hydrogens is 718 g/mol. The third kappa shape index (κ3) is 5.22. The van der Waals surface area contributed by atoms with Crippen LogP contribution in [0.5, 0.6) is 0 Å². The Labute approximate surface area is 330 Å². The highest BCUT2D eigenvalue weighted by Crippen LogP contribution is 2.70. The minimum atomic E-state index is -3.48. The summed E-state index contributed by atoms with van der Waals surface area (Å²) in [6, 6.07) is 68.4. The first-order valence-corrected chi connectivity index (χ1v) is 20.6. The molecule has 0 N–H and O–H groups in total. The summed E-state index contributed by atoms with van der Waals surface area (Å²) in [7, 11) is -3.48. The standard InChI is InChI=1S/C50H34N5OP/c56-57(40-22-11-4-12-23-40)54(38-18-7-2-8-19-38)47-30-28-37(33-48(47)55(57)39-20-9-3-10-21-39)36-27-29-46-44(32-36)41-24-13-14-26-45(41)53(46)49-34-43(35-16-5-1-6-17-35)42-25-15-31-51-50(42)52-49/h1-34H. The molecule has 1 aliphatic rings. The normalized spacial score (nSPS) is 15.1. The van der Waals surface area contributed by atoms with Gasteiger partial charge in [-0.05, 0) is 107 Å². The summed E-state index contributed by atoms with van der Waals surface area (Å²) in [6.07, 6.45) is 1.80. The number of fused-ring (bicyclic) bond motifs is 5. The zero-order valence-electron chi connectivity index (χ0n) is 30.7. The van der Waals surface area contributed by atoms with Gasteiger partial charge in [-0.3, -0.25) is 18.5 Å². The largest absolute Gasteiger partial charge is 0.301 e. The summed E-state index contributed by atoms with van der Waals surface area (Å²) >= 11 is 0. The zero-order chi connectivity index (χ0) is 37.9. The van der Waals surface area contributed by atoms with Crippen molar-refractivity contribution in [3.05, 3.63) is 206 Å². The fourth-order valence-corrected chi connectivity index (χ4v) is 11.4. The first-order valence-electron chi connectivity index (χ1n) is 19.0. The molecule has 0 fully saturated rings. The van der Waals surface area contributed by atoms with Crippen LogP contribution in [0.15, 0.2) is 206 Å². The van der Waals surface area contributed by atoms with Crippen molar-refractivity contribution in [3.8, 4) is 28.1 Å². The van der Waals surface area contributed by atoms with Crippen LogP contribution >= 0.6 is 7.44 Å². The quantitative estimate of drug-likeness (QED) is 0.158. The van der Waals surface area contributed by atoms with Crippen LogP contribution < -0.4 is 14.6 Å². The molecule has 270 valence electrons. The van der Waals surface area contributed by atoms with Crippen molar-refractivity contribution in [1.82, 2.24) is 14.5 Å². The summed E-state index contributed by atoms with van der Waals surface area (Å²) in [4.78, 5) is 9.86. The maximum atomic E-state index is 16.1. The summed E-state index contributed by atoms with van der Waals surface area (Å²) in [5.74, 6) is 0.813. The van der Waals surface area contributed by atoms with Gasteiger partial charge in [0.15, 0.2) is 5.65 Å². The van der Waals surface area contributed by atoms with Crippen molar-refractivity contribution in [2.75, 3.05) is 9.34 Å². The maximum Gasteiger partial charge on any atom is 0.301 e. The number of hydrogen-bond donors (Lipinski definition) is 0. The Morgan fingerprint density at radius 3 is 1.75 bits per heavy atom. The first kappa shape index (κ1) is 33.1. The molecule has 0 amide bonds. The topological polar surface area (TPSA) is 54.3 Å². The molecule has 7 aromatic carbocycles. The van der Waals surface area contributed by atoms with E-state index in [9.17, 15) is 0 Å². The number of para-hydroxylation sites is 3. The lowest BCUT2D eigenvalue weighted by molar-refractivity contribution is 0.582. The van der Waals surface area contributed by atoms with Crippen LogP contribution in [0.1, 0.15) is 0 Å². The number of hydrogen-bond acceptors (Lipinski definition) is 3.